The van der Waals surface area contributed by atoms with Gasteiger partial charge in [-0.1, -0.05) is 19.1 Å². The van der Waals surface area contributed by atoms with E-state index in [0.29, 0.717) is 12.1 Å². The van der Waals surface area contributed by atoms with Crippen LogP contribution in [0.25, 0.3) is 0 Å². The van der Waals surface area contributed by atoms with Crippen LogP contribution >= 0.6 is 0 Å². The first-order chi connectivity index (χ1) is 9.36. The average Bonchev–Trinajstić information content (AvgIpc) is 2.48. The maximum atomic E-state index is 5.77. The molecule has 1 saturated heterocycles. The fraction of sp³-hybridized carbons (Fsp3) is 0.647. The first kappa shape index (κ1) is 13.0. The van der Waals surface area contributed by atoms with Crippen LogP contribution in [0.4, 0.5) is 5.69 Å². The van der Waals surface area contributed by atoms with Gasteiger partial charge < -0.3 is 10.1 Å². The van der Waals surface area contributed by atoms with E-state index in [9.17, 15) is 0 Å². The minimum absolute atomic E-state index is 0.450. The second-order valence-corrected chi connectivity index (χ2v) is 5.92. The van der Waals surface area contributed by atoms with Crippen LogP contribution in [0.5, 0.6) is 0 Å². The summed E-state index contributed by atoms with van der Waals surface area (Å²) in [5, 5.41) is 3.79. The van der Waals surface area contributed by atoms with Crippen LogP contribution in [0.2, 0.25) is 0 Å². The molecule has 2 nitrogen and oxygen atoms in total. The van der Waals surface area contributed by atoms with Gasteiger partial charge in [-0.15, -0.1) is 0 Å². The summed E-state index contributed by atoms with van der Waals surface area (Å²) in [7, 11) is 0. The lowest BCUT2D eigenvalue weighted by molar-refractivity contribution is 0.00924. The number of hydrogen-bond donors (Lipinski definition) is 1. The van der Waals surface area contributed by atoms with E-state index >= 15 is 0 Å². The number of anilines is 1. The third-order valence-electron chi connectivity index (χ3n) is 4.58. The molecule has 2 unspecified atom stereocenters. The smallest absolute Gasteiger partial charge is 0.0592 e. The van der Waals surface area contributed by atoms with E-state index in [1.165, 1.54) is 31.4 Å². The molecule has 0 saturated carbocycles. The Kier molecular flexibility index (Phi) is 4.07. The summed E-state index contributed by atoms with van der Waals surface area (Å²) in [6.45, 7) is 3.13. The molecule has 0 spiro atoms. The third kappa shape index (κ3) is 2.94. The van der Waals surface area contributed by atoms with Gasteiger partial charge in [0.2, 0.25) is 0 Å². The second kappa shape index (κ2) is 5.96. The van der Waals surface area contributed by atoms with E-state index in [0.717, 1.165) is 25.9 Å². The van der Waals surface area contributed by atoms with Crippen LogP contribution in [0, 0.1) is 0 Å². The summed E-state index contributed by atoms with van der Waals surface area (Å²) in [5.74, 6) is 0. The van der Waals surface area contributed by atoms with Gasteiger partial charge in [0.05, 0.1) is 6.10 Å². The SMILES string of the molecule is CCC1CC(Nc2cccc3c2CCCC3)CCO1. The predicted octanol–water partition coefficient (Wildman–Crippen LogP) is 3.93. The molecule has 1 aliphatic carbocycles. The lowest BCUT2D eigenvalue weighted by atomic mass is 9.90. The minimum atomic E-state index is 0.450. The number of ether oxygens (including phenoxy) is 1. The molecule has 1 aromatic carbocycles. The van der Waals surface area contributed by atoms with E-state index in [1.807, 2.05) is 0 Å². The standard InChI is InChI=1S/C17H25NO/c1-2-15-12-14(10-11-19-15)18-17-9-5-7-13-6-3-4-8-16(13)17/h5,7,9,14-15,18H,2-4,6,8,10-12H2,1H3. The van der Waals surface area contributed by atoms with E-state index in [2.05, 4.69) is 30.4 Å². The highest BCUT2D eigenvalue weighted by Gasteiger charge is 2.22. The molecular formula is C17H25NO. The van der Waals surface area contributed by atoms with E-state index < -0.39 is 0 Å². The van der Waals surface area contributed by atoms with Gasteiger partial charge in [-0.3, -0.25) is 0 Å². The predicted molar refractivity (Wildman–Crippen MR) is 79.8 cm³/mol. The summed E-state index contributed by atoms with van der Waals surface area (Å²) in [6.07, 6.45) is 9.08. The largest absolute Gasteiger partial charge is 0.382 e. The summed E-state index contributed by atoms with van der Waals surface area (Å²) < 4.78 is 5.77. The molecule has 1 fully saturated rings. The zero-order valence-electron chi connectivity index (χ0n) is 12.0. The van der Waals surface area contributed by atoms with Crippen molar-refractivity contribution in [3.63, 3.8) is 0 Å². The van der Waals surface area contributed by atoms with Crippen molar-refractivity contribution >= 4 is 5.69 Å². The molecule has 1 aliphatic heterocycles. The molecule has 1 aromatic rings. The van der Waals surface area contributed by atoms with Gasteiger partial charge in [-0.05, 0) is 62.1 Å². The van der Waals surface area contributed by atoms with Crippen molar-refractivity contribution in [3.8, 4) is 0 Å². The number of rotatable bonds is 3. The topological polar surface area (TPSA) is 21.3 Å². The Morgan fingerprint density at radius 2 is 2.16 bits per heavy atom. The van der Waals surface area contributed by atoms with E-state index in [1.54, 1.807) is 11.1 Å². The first-order valence-electron chi connectivity index (χ1n) is 7.85. The Labute approximate surface area is 116 Å². The molecule has 2 atom stereocenters. The Hall–Kier alpha value is -1.02. The first-order valence-corrected chi connectivity index (χ1v) is 7.85. The Bertz CT molecular complexity index is 429. The molecule has 1 heterocycles. The van der Waals surface area contributed by atoms with Gasteiger partial charge in [-0.25, -0.2) is 0 Å². The zero-order chi connectivity index (χ0) is 13.1. The molecule has 2 aliphatic rings. The van der Waals surface area contributed by atoms with Crippen LogP contribution in [-0.2, 0) is 17.6 Å². The van der Waals surface area contributed by atoms with Crippen molar-refractivity contribution in [1.82, 2.24) is 0 Å². The molecule has 0 radical (unpaired) electrons. The number of nitrogens with one attached hydrogen (secondary N) is 1. The average molecular weight is 259 g/mol. The van der Waals surface area contributed by atoms with Crippen molar-refractivity contribution in [1.29, 1.82) is 0 Å². The van der Waals surface area contributed by atoms with Crippen molar-refractivity contribution in [2.75, 3.05) is 11.9 Å². The lowest BCUT2D eigenvalue weighted by Gasteiger charge is -2.31. The van der Waals surface area contributed by atoms with Crippen molar-refractivity contribution in [2.45, 2.75) is 64.0 Å². The highest BCUT2D eigenvalue weighted by atomic mass is 16.5. The highest BCUT2D eigenvalue weighted by Crippen LogP contribution is 2.29. The number of hydrogen-bond acceptors (Lipinski definition) is 2. The van der Waals surface area contributed by atoms with Gasteiger partial charge in [0.15, 0.2) is 0 Å². The van der Waals surface area contributed by atoms with Gasteiger partial charge in [-0.2, -0.15) is 0 Å². The summed E-state index contributed by atoms with van der Waals surface area (Å²) in [5.41, 5.74) is 4.53. The Balaban J connectivity index is 1.72. The van der Waals surface area contributed by atoms with Crippen LogP contribution in [0.15, 0.2) is 18.2 Å². The molecule has 0 bridgehead atoms. The summed E-state index contributed by atoms with van der Waals surface area (Å²) in [4.78, 5) is 0. The van der Waals surface area contributed by atoms with Crippen LogP contribution < -0.4 is 5.32 Å². The molecule has 0 aromatic heterocycles. The number of aryl methyl sites for hydroxylation is 1. The third-order valence-corrected chi connectivity index (χ3v) is 4.58. The number of benzene rings is 1. The molecule has 1 N–H and O–H groups in total. The highest BCUT2D eigenvalue weighted by molar-refractivity contribution is 5.56. The fourth-order valence-electron chi connectivity index (χ4n) is 3.43. The second-order valence-electron chi connectivity index (χ2n) is 5.92. The quantitative estimate of drug-likeness (QED) is 0.888. The van der Waals surface area contributed by atoms with Crippen molar-refractivity contribution in [3.05, 3.63) is 29.3 Å². The van der Waals surface area contributed by atoms with Gasteiger partial charge in [0, 0.05) is 18.3 Å². The Morgan fingerprint density at radius 1 is 1.26 bits per heavy atom. The normalized spacial score (nSPS) is 26.8. The zero-order valence-corrected chi connectivity index (χ0v) is 12.0. The van der Waals surface area contributed by atoms with Crippen LogP contribution in [-0.4, -0.2) is 18.8 Å². The van der Waals surface area contributed by atoms with Gasteiger partial charge in [0.25, 0.3) is 0 Å². The van der Waals surface area contributed by atoms with E-state index in [-0.39, 0.29) is 0 Å². The molecule has 3 rings (SSSR count). The van der Waals surface area contributed by atoms with Crippen LogP contribution in [0.3, 0.4) is 0 Å². The molecule has 19 heavy (non-hydrogen) atoms. The Morgan fingerprint density at radius 3 is 3.05 bits per heavy atom. The summed E-state index contributed by atoms with van der Waals surface area (Å²) >= 11 is 0. The molecule has 104 valence electrons. The lowest BCUT2D eigenvalue weighted by Crippen LogP contribution is -2.34. The maximum absolute atomic E-state index is 5.77. The molecule has 2 heteroatoms. The fourth-order valence-corrected chi connectivity index (χ4v) is 3.43. The minimum Gasteiger partial charge on any atom is -0.382 e. The van der Waals surface area contributed by atoms with Crippen molar-refractivity contribution in [2.24, 2.45) is 0 Å². The molecular weight excluding hydrogens is 234 g/mol. The van der Waals surface area contributed by atoms with Gasteiger partial charge in [0.1, 0.15) is 0 Å². The van der Waals surface area contributed by atoms with Gasteiger partial charge >= 0.3 is 0 Å². The maximum Gasteiger partial charge on any atom is 0.0592 e. The van der Waals surface area contributed by atoms with Crippen molar-refractivity contribution < 1.29 is 4.74 Å². The van der Waals surface area contributed by atoms with Crippen LogP contribution in [0.1, 0.15) is 50.2 Å². The molecule has 0 amide bonds. The monoisotopic (exact) mass is 259 g/mol. The van der Waals surface area contributed by atoms with E-state index in [4.69, 9.17) is 4.74 Å². The summed E-state index contributed by atoms with van der Waals surface area (Å²) in [6, 6.07) is 7.37. The number of fused-ring (bicyclic) bond motifs is 1.